The average molecular weight is 303 g/mol. The smallest absolute Gasteiger partial charge is 0.0510 e. The first-order chi connectivity index (χ1) is 7.72. The fourth-order valence-corrected chi connectivity index (χ4v) is 3.28. The molecule has 0 amide bonds. The molecular weight excluding hydrogens is 286 g/mol. The van der Waals surface area contributed by atoms with E-state index in [4.69, 9.17) is 11.6 Å². The van der Waals surface area contributed by atoms with E-state index in [1.807, 2.05) is 0 Å². The van der Waals surface area contributed by atoms with E-state index in [1.54, 1.807) is 0 Å². The quantitative estimate of drug-likeness (QED) is 0.740. The van der Waals surface area contributed by atoms with E-state index in [0.29, 0.717) is 11.9 Å². The van der Waals surface area contributed by atoms with Crippen molar-refractivity contribution in [2.24, 2.45) is 0 Å². The third kappa shape index (κ3) is 2.54. The normalized spacial score (nSPS) is 16.7. The van der Waals surface area contributed by atoms with Gasteiger partial charge in [0.2, 0.25) is 0 Å². The predicted octanol–water partition coefficient (Wildman–Crippen LogP) is 4.57. The van der Waals surface area contributed by atoms with Gasteiger partial charge in [0.15, 0.2) is 0 Å². The molecule has 1 aromatic carbocycles. The minimum Gasteiger partial charge on any atom is -0.371 e. The zero-order chi connectivity index (χ0) is 11.5. The van der Waals surface area contributed by atoms with Crippen molar-refractivity contribution < 1.29 is 0 Å². The van der Waals surface area contributed by atoms with Crippen molar-refractivity contribution in [3.63, 3.8) is 0 Å². The highest BCUT2D eigenvalue weighted by Crippen LogP contribution is 2.32. The summed E-state index contributed by atoms with van der Waals surface area (Å²) in [6.45, 7) is 0. The molecule has 2 rings (SSSR count). The summed E-state index contributed by atoms with van der Waals surface area (Å²) in [4.78, 5) is 2.40. The van der Waals surface area contributed by atoms with E-state index >= 15 is 0 Å². The van der Waals surface area contributed by atoms with E-state index < -0.39 is 0 Å². The largest absolute Gasteiger partial charge is 0.371 e. The Morgan fingerprint density at radius 1 is 1.38 bits per heavy atom. The molecule has 1 aromatic rings. The van der Waals surface area contributed by atoms with Crippen molar-refractivity contribution in [3.8, 4) is 0 Å². The minimum absolute atomic E-state index is 0.575. The van der Waals surface area contributed by atoms with Gasteiger partial charge in [-0.05, 0) is 46.5 Å². The lowest BCUT2D eigenvalue weighted by Gasteiger charge is -2.27. The second-order valence-electron chi connectivity index (χ2n) is 4.47. The summed E-state index contributed by atoms with van der Waals surface area (Å²) in [5, 5.41) is 0. The fraction of sp³-hybridized carbons (Fsp3) is 0.538. The van der Waals surface area contributed by atoms with Crippen molar-refractivity contribution in [2.45, 2.75) is 37.6 Å². The van der Waals surface area contributed by atoms with Gasteiger partial charge in [0, 0.05) is 23.4 Å². The van der Waals surface area contributed by atoms with E-state index in [2.05, 4.69) is 46.1 Å². The molecule has 0 spiro atoms. The number of halogens is 2. The second kappa shape index (κ2) is 5.42. The maximum atomic E-state index is 5.82. The van der Waals surface area contributed by atoms with Crippen LogP contribution in [0.4, 0.5) is 5.69 Å². The van der Waals surface area contributed by atoms with Crippen LogP contribution in [0.5, 0.6) is 0 Å². The Kier molecular flexibility index (Phi) is 4.15. The van der Waals surface area contributed by atoms with Crippen LogP contribution in [0.1, 0.15) is 31.2 Å². The summed E-state index contributed by atoms with van der Waals surface area (Å²) in [7, 11) is 2.19. The van der Waals surface area contributed by atoms with Gasteiger partial charge in [0.1, 0.15) is 0 Å². The van der Waals surface area contributed by atoms with E-state index in [1.165, 1.54) is 31.4 Å². The Labute approximate surface area is 111 Å². The van der Waals surface area contributed by atoms with Gasteiger partial charge in [-0.1, -0.05) is 18.9 Å². The molecule has 1 aliphatic carbocycles. The second-order valence-corrected chi connectivity index (χ2v) is 5.59. The first kappa shape index (κ1) is 12.3. The molecule has 0 atom stereocenters. The Balaban J connectivity index is 2.19. The summed E-state index contributed by atoms with van der Waals surface area (Å²) in [5.74, 6) is 0.575. The van der Waals surface area contributed by atoms with Crippen molar-refractivity contribution in [3.05, 3.63) is 28.2 Å². The summed E-state index contributed by atoms with van der Waals surface area (Å²) in [6, 6.07) is 7.10. The molecule has 0 heterocycles. The molecule has 1 fully saturated rings. The Morgan fingerprint density at radius 3 is 2.62 bits per heavy atom. The summed E-state index contributed by atoms with van der Waals surface area (Å²) in [6.07, 6.45) is 5.37. The SMILES string of the molecule is CN(c1ccc(CCl)cc1Br)C1CCCC1. The van der Waals surface area contributed by atoms with Gasteiger partial charge in [0.25, 0.3) is 0 Å². The first-order valence-electron chi connectivity index (χ1n) is 5.79. The lowest BCUT2D eigenvalue weighted by atomic mass is 10.1. The van der Waals surface area contributed by atoms with Gasteiger partial charge in [-0.15, -0.1) is 11.6 Å². The molecule has 0 N–H and O–H groups in total. The zero-order valence-corrected chi connectivity index (χ0v) is 11.9. The summed E-state index contributed by atoms with van der Waals surface area (Å²) < 4.78 is 1.15. The molecule has 3 heteroatoms. The average Bonchev–Trinajstić information content (AvgIpc) is 2.81. The van der Waals surface area contributed by atoms with E-state index in [-0.39, 0.29) is 0 Å². The Hall–Kier alpha value is -0.210. The monoisotopic (exact) mass is 301 g/mol. The van der Waals surface area contributed by atoms with Crippen LogP contribution in [0.3, 0.4) is 0 Å². The molecule has 0 aromatic heterocycles. The Bertz CT molecular complexity index is 361. The summed E-state index contributed by atoms with van der Waals surface area (Å²) >= 11 is 9.46. The maximum Gasteiger partial charge on any atom is 0.0510 e. The third-order valence-electron chi connectivity index (χ3n) is 3.42. The lowest BCUT2D eigenvalue weighted by molar-refractivity contribution is 0.652. The molecule has 0 radical (unpaired) electrons. The van der Waals surface area contributed by atoms with Gasteiger partial charge in [0.05, 0.1) is 5.69 Å². The van der Waals surface area contributed by atoms with E-state index in [9.17, 15) is 0 Å². The topological polar surface area (TPSA) is 3.24 Å². The molecule has 88 valence electrons. The van der Waals surface area contributed by atoms with Crippen LogP contribution in [0.2, 0.25) is 0 Å². The molecule has 0 unspecified atom stereocenters. The van der Waals surface area contributed by atoms with Crippen LogP contribution in [-0.2, 0) is 5.88 Å². The van der Waals surface area contributed by atoms with Crippen molar-refractivity contribution in [2.75, 3.05) is 11.9 Å². The van der Waals surface area contributed by atoms with Crippen LogP contribution in [0.25, 0.3) is 0 Å². The maximum absolute atomic E-state index is 5.82. The standard InChI is InChI=1S/C13H17BrClN/c1-16(11-4-2-3-5-11)13-7-6-10(9-15)8-12(13)14/h6-8,11H,2-5,9H2,1H3. The lowest BCUT2D eigenvalue weighted by Crippen LogP contribution is -2.29. The van der Waals surface area contributed by atoms with Crippen LogP contribution in [0.15, 0.2) is 22.7 Å². The third-order valence-corrected chi connectivity index (χ3v) is 4.36. The summed E-state index contributed by atoms with van der Waals surface area (Å²) in [5.41, 5.74) is 2.44. The van der Waals surface area contributed by atoms with Gasteiger partial charge < -0.3 is 4.90 Å². The highest BCUT2D eigenvalue weighted by atomic mass is 79.9. The number of nitrogens with zero attached hydrogens (tertiary/aromatic N) is 1. The van der Waals surface area contributed by atoms with Crippen molar-refractivity contribution in [1.82, 2.24) is 0 Å². The van der Waals surface area contributed by atoms with Crippen LogP contribution in [0, 0.1) is 0 Å². The van der Waals surface area contributed by atoms with Crippen LogP contribution >= 0.6 is 27.5 Å². The number of benzene rings is 1. The predicted molar refractivity (Wildman–Crippen MR) is 74.4 cm³/mol. The fourth-order valence-electron chi connectivity index (χ4n) is 2.41. The van der Waals surface area contributed by atoms with Crippen molar-refractivity contribution >= 4 is 33.2 Å². The number of rotatable bonds is 3. The highest BCUT2D eigenvalue weighted by molar-refractivity contribution is 9.10. The van der Waals surface area contributed by atoms with Gasteiger partial charge >= 0.3 is 0 Å². The van der Waals surface area contributed by atoms with Crippen molar-refractivity contribution in [1.29, 1.82) is 0 Å². The molecule has 1 saturated carbocycles. The number of hydrogen-bond donors (Lipinski definition) is 0. The number of hydrogen-bond acceptors (Lipinski definition) is 1. The molecule has 0 aliphatic heterocycles. The molecule has 0 saturated heterocycles. The van der Waals surface area contributed by atoms with Crippen LogP contribution < -0.4 is 4.90 Å². The molecule has 1 nitrogen and oxygen atoms in total. The highest BCUT2D eigenvalue weighted by Gasteiger charge is 2.21. The van der Waals surface area contributed by atoms with Gasteiger partial charge in [-0.3, -0.25) is 0 Å². The van der Waals surface area contributed by atoms with Crippen LogP contribution in [-0.4, -0.2) is 13.1 Å². The Morgan fingerprint density at radius 2 is 2.06 bits per heavy atom. The van der Waals surface area contributed by atoms with Gasteiger partial charge in [-0.25, -0.2) is 0 Å². The first-order valence-corrected chi connectivity index (χ1v) is 7.12. The molecule has 1 aliphatic rings. The van der Waals surface area contributed by atoms with E-state index in [0.717, 1.165) is 10.0 Å². The zero-order valence-electron chi connectivity index (χ0n) is 9.55. The van der Waals surface area contributed by atoms with Gasteiger partial charge in [-0.2, -0.15) is 0 Å². The number of anilines is 1. The molecule has 0 bridgehead atoms. The number of alkyl halides is 1. The molecular formula is C13H17BrClN. The minimum atomic E-state index is 0.575. The molecule has 16 heavy (non-hydrogen) atoms.